The second-order valence-corrected chi connectivity index (χ2v) is 9.06. The van der Waals surface area contributed by atoms with Gasteiger partial charge in [0.25, 0.3) is 11.8 Å². The molecule has 182 valence electrons. The van der Waals surface area contributed by atoms with Crippen LogP contribution in [-0.4, -0.2) is 44.3 Å². The van der Waals surface area contributed by atoms with Crippen LogP contribution in [0.5, 0.6) is 0 Å². The molecule has 3 amide bonds. The maximum Gasteiger partial charge on any atom is 0.261 e. The first kappa shape index (κ1) is 23.3. The fourth-order valence-corrected chi connectivity index (χ4v) is 4.41. The fraction of sp³-hybridized carbons (Fsp3) is 0.259. The molecule has 0 bridgehead atoms. The first-order valence-electron chi connectivity index (χ1n) is 11.9. The highest BCUT2D eigenvalue weighted by Gasteiger charge is 2.32. The second-order valence-electron chi connectivity index (χ2n) is 9.06. The van der Waals surface area contributed by atoms with E-state index in [1.54, 1.807) is 30.6 Å². The van der Waals surface area contributed by atoms with Crippen molar-refractivity contribution in [2.24, 2.45) is 5.92 Å². The van der Waals surface area contributed by atoms with Crippen LogP contribution < -0.4 is 5.32 Å². The summed E-state index contributed by atoms with van der Waals surface area (Å²) in [6.07, 6.45) is 3.76. The van der Waals surface area contributed by atoms with Crippen molar-refractivity contribution in [3.63, 3.8) is 0 Å². The molecule has 9 heteroatoms. The van der Waals surface area contributed by atoms with E-state index in [-0.39, 0.29) is 36.6 Å². The molecule has 0 aliphatic carbocycles. The molecule has 1 aliphatic rings. The average Bonchev–Trinajstić information content (AvgIpc) is 3.38. The Morgan fingerprint density at radius 1 is 1.03 bits per heavy atom. The summed E-state index contributed by atoms with van der Waals surface area (Å²) >= 11 is 0. The number of carbonyl (C=O) groups is 3. The summed E-state index contributed by atoms with van der Waals surface area (Å²) < 4.78 is 5.43. The van der Waals surface area contributed by atoms with Gasteiger partial charge >= 0.3 is 0 Å². The molecular weight excluding hydrogens is 458 g/mol. The molecule has 2 aromatic carbocycles. The zero-order valence-electron chi connectivity index (χ0n) is 20.0. The predicted octanol–water partition coefficient (Wildman–Crippen LogP) is 4.17. The molecule has 1 aliphatic heterocycles. The van der Waals surface area contributed by atoms with Crippen LogP contribution >= 0.6 is 0 Å². The third kappa shape index (κ3) is 4.35. The molecule has 0 spiro atoms. The van der Waals surface area contributed by atoms with Crippen LogP contribution in [0.4, 0.5) is 0 Å². The number of pyridine rings is 1. The number of carbonyl (C=O) groups excluding carboxylic acids is 3. The molecule has 9 nitrogen and oxygen atoms in total. The maximum absolute atomic E-state index is 13.0. The van der Waals surface area contributed by atoms with Gasteiger partial charge in [0, 0.05) is 47.4 Å². The highest BCUT2D eigenvalue weighted by molar-refractivity contribution is 6.25. The van der Waals surface area contributed by atoms with Gasteiger partial charge in [0.1, 0.15) is 6.04 Å². The standard InChI is InChI=1S/C27H25N5O4/c1-16(2)23(25-30-24(31-36-25)18-9-5-13-28-15-18)29-21(33)12-6-14-32-26(34)19-10-3-7-17-8-4-11-20(22(17)19)27(32)35/h3-5,7-11,13,15-16,23H,6,12,14H2,1-2H3,(H,29,33). The molecule has 0 fully saturated rings. The average molecular weight is 484 g/mol. The van der Waals surface area contributed by atoms with Crippen molar-refractivity contribution in [3.8, 4) is 11.4 Å². The Morgan fingerprint density at radius 2 is 1.75 bits per heavy atom. The Labute approximate surface area is 207 Å². The molecule has 1 atom stereocenters. The number of rotatable bonds is 8. The maximum atomic E-state index is 13.0. The quantitative estimate of drug-likeness (QED) is 0.374. The minimum Gasteiger partial charge on any atom is -0.344 e. The van der Waals surface area contributed by atoms with Gasteiger partial charge in [-0.3, -0.25) is 24.3 Å². The molecule has 3 heterocycles. The Kier molecular flexibility index (Phi) is 6.28. The minimum absolute atomic E-state index is 0.00149. The van der Waals surface area contributed by atoms with E-state index >= 15 is 0 Å². The molecule has 1 unspecified atom stereocenters. The number of nitrogens with one attached hydrogen (secondary N) is 1. The van der Waals surface area contributed by atoms with E-state index in [1.807, 2.05) is 44.2 Å². The summed E-state index contributed by atoms with van der Waals surface area (Å²) in [6.45, 7) is 4.04. The third-order valence-electron chi connectivity index (χ3n) is 6.25. The van der Waals surface area contributed by atoms with Crippen LogP contribution in [0.15, 0.2) is 65.4 Å². The van der Waals surface area contributed by atoms with Crippen LogP contribution in [0.3, 0.4) is 0 Å². The van der Waals surface area contributed by atoms with Crippen molar-refractivity contribution in [2.75, 3.05) is 6.54 Å². The largest absolute Gasteiger partial charge is 0.344 e. The molecule has 0 radical (unpaired) electrons. The van der Waals surface area contributed by atoms with E-state index in [2.05, 4.69) is 20.4 Å². The van der Waals surface area contributed by atoms with E-state index in [9.17, 15) is 14.4 Å². The normalized spacial score (nSPS) is 13.9. The van der Waals surface area contributed by atoms with Gasteiger partial charge in [0.2, 0.25) is 17.6 Å². The summed E-state index contributed by atoms with van der Waals surface area (Å²) in [6, 6.07) is 14.0. The highest BCUT2D eigenvalue weighted by atomic mass is 16.5. The van der Waals surface area contributed by atoms with Gasteiger partial charge in [-0.25, -0.2) is 0 Å². The van der Waals surface area contributed by atoms with Crippen LogP contribution in [0.1, 0.15) is 59.3 Å². The van der Waals surface area contributed by atoms with Gasteiger partial charge in [-0.15, -0.1) is 0 Å². The predicted molar refractivity (Wildman–Crippen MR) is 132 cm³/mol. The van der Waals surface area contributed by atoms with Crippen LogP contribution in [0.25, 0.3) is 22.2 Å². The molecular formula is C27H25N5O4. The molecule has 1 N–H and O–H groups in total. The van der Waals surface area contributed by atoms with Crippen LogP contribution in [-0.2, 0) is 4.79 Å². The Bertz CT molecular complexity index is 1400. The van der Waals surface area contributed by atoms with Gasteiger partial charge in [0.15, 0.2) is 0 Å². The van der Waals surface area contributed by atoms with Gasteiger partial charge < -0.3 is 9.84 Å². The molecule has 2 aromatic heterocycles. The van der Waals surface area contributed by atoms with Crippen molar-refractivity contribution < 1.29 is 18.9 Å². The number of aromatic nitrogens is 3. The third-order valence-corrected chi connectivity index (χ3v) is 6.25. The Hall–Kier alpha value is -4.40. The summed E-state index contributed by atoms with van der Waals surface area (Å²) in [7, 11) is 0. The van der Waals surface area contributed by atoms with E-state index in [1.165, 1.54) is 4.90 Å². The first-order valence-corrected chi connectivity index (χ1v) is 11.9. The lowest BCUT2D eigenvalue weighted by Crippen LogP contribution is -2.41. The number of imide groups is 1. The van der Waals surface area contributed by atoms with Crippen LogP contribution in [0, 0.1) is 5.92 Å². The number of amides is 3. The topological polar surface area (TPSA) is 118 Å². The van der Waals surface area contributed by atoms with Crippen molar-refractivity contribution in [1.29, 1.82) is 0 Å². The molecule has 36 heavy (non-hydrogen) atoms. The van der Waals surface area contributed by atoms with Gasteiger partial charge in [-0.1, -0.05) is 43.3 Å². The van der Waals surface area contributed by atoms with E-state index < -0.39 is 6.04 Å². The van der Waals surface area contributed by atoms with Crippen LogP contribution in [0.2, 0.25) is 0 Å². The van der Waals surface area contributed by atoms with E-state index in [0.717, 1.165) is 10.9 Å². The molecule has 5 rings (SSSR count). The lowest BCUT2D eigenvalue weighted by atomic mass is 9.94. The van der Waals surface area contributed by atoms with Gasteiger partial charge in [0.05, 0.1) is 0 Å². The summed E-state index contributed by atoms with van der Waals surface area (Å²) in [5.41, 5.74) is 1.73. The lowest BCUT2D eigenvalue weighted by molar-refractivity contribution is -0.122. The summed E-state index contributed by atoms with van der Waals surface area (Å²) in [5.74, 6) is -0.191. The van der Waals surface area contributed by atoms with Gasteiger partial charge in [-0.05, 0) is 42.0 Å². The van der Waals surface area contributed by atoms with E-state index in [4.69, 9.17) is 4.52 Å². The van der Waals surface area contributed by atoms with Gasteiger partial charge in [-0.2, -0.15) is 4.98 Å². The lowest BCUT2D eigenvalue weighted by Gasteiger charge is -2.27. The Balaban J connectivity index is 1.23. The Morgan fingerprint density at radius 3 is 2.39 bits per heavy atom. The molecule has 0 saturated carbocycles. The van der Waals surface area contributed by atoms with Crippen molar-refractivity contribution >= 4 is 28.5 Å². The molecule has 4 aromatic rings. The SMILES string of the molecule is CC(C)C(NC(=O)CCCN1C(=O)c2cccc3cccc(c23)C1=O)c1nc(-c2cccnc2)no1. The number of hydrogen-bond acceptors (Lipinski definition) is 7. The highest BCUT2D eigenvalue weighted by Crippen LogP contribution is 2.30. The fourth-order valence-electron chi connectivity index (χ4n) is 4.41. The zero-order chi connectivity index (χ0) is 25.2. The van der Waals surface area contributed by atoms with Crippen molar-refractivity contribution in [2.45, 2.75) is 32.7 Å². The smallest absolute Gasteiger partial charge is 0.261 e. The minimum atomic E-state index is -0.474. The van der Waals surface area contributed by atoms with E-state index in [0.29, 0.717) is 34.6 Å². The van der Waals surface area contributed by atoms with Crippen molar-refractivity contribution in [1.82, 2.24) is 25.3 Å². The number of nitrogens with zero attached hydrogens (tertiary/aromatic N) is 4. The number of hydrogen-bond donors (Lipinski definition) is 1. The second kappa shape index (κ2) is 9.69. The number of benzene rings is 2. The monoisotopic (exact) mass is 483 g/mol. The first-order chi connectivity index (χ1) is 17.4. The zero-order valence-corrected chi connectivity index (χ0v) is 20.0. The van der Waals surface area contributed by atoms with Crippen molar-refractivity contribution in [3.05, 3.63) is 77.9 Å². The summed E-state index contributed by atoms with van der Waals surface area (Å²) in [4.78, 5) is 48.6. The summed E-state index contributed by atoms with van der Waals surface area (Å²) in [5, 5.41) is 8.51. The molecule has 0 saturated heterocycles.